The average Bonchev–Trinajstić information content (AvgIpc) is 2.64. The van der Waals surface area contributed by atoms with E-state index in [0.29, 0.717) is 6.42 Å². The van der Waals surface area contributed by atoms with E-state index in [-0.39, 0.29) is 17.3 Å². The molecular formula is C14H18BrFO. The van der Waals surface area contributed by atoms with Gasteiger partial charge in [0, 0.05) is 4.47 Å². The smallest absolute Gasteiger partial charge is 0.124 e. The third-order valence-electron chi connectivity index (χ3n) is 3.90. The molecule has 1 aromatic carbocycles. The van der Waals surface area contributed by atoms with Crippen LogP contribution in [0.2, 0.25) is 0 Å². The molecule has 0 aromatic heterocycles. The molecule has 1 unspecified atom stereocenters. The van der Waals surface area contributed by atoms with E-state index >= 15 is 0 Å². The van der Waals surface area contributed by atoms with Gasteiger partial charge in [-0.05, 0) is 48.4 Å². The molecule has 0 bridgehead atoms. The van der Waals surface area contributed by atoms with Gasteiger partial charge in [0.25, 0.3) is 0 Å². The van der Waals surface area contributed by atoms with Crippen LogP contribution in [0.25, 0.3) is 0 Å². The predicted molar refractivity (Wildman–Crippen MR) is 70.4 cm³/mol. The van der Waals surface area contributed by atoms with Gasteiger partial charge in [-0.25, -0.2) is 4.39 Å². The zero-order chi connectivity index (χ0) is 12.5. The molecule has 0 radical (unpaired) electrons. The van der Waals surface area contributed by atoms with Crippen molar-refractivity contribution in [1.82, 2.24) is 0 Å². The molecule has 0 amide bonds. The molecule has 1 aliphatic rings. The van der Waals surface area contributed by atoms with Crippen LogP contribution >= 0.6 is 15.9 Å². The zero-order valence-corrected chi connectivity index (χ0v) is 11.6. The first-order valence-corrected chi connectivity index (χ1v) is 6.92. The quantitative estimate of drug-likeness (QED) is 0.892. The van der Waals surface area contributed by atoms with Crippen molar-refractivity contribution < 1.29 is 9.50 Å². The van der Waals surface area contributed by atoms with E-state index in [1.165, 1.54) is 25.0 Å². The van der Waals surface area contributed by atoms with Crippen LogP contribution in [-0.4, -0.2) is 11.2 Å². The number of hydrogen-bond donors (Lipinski definition) is 1. The van der Waals surface area contributed by atoms with E-state index in [4.69, 9.17) is 0 Å². The lowest BCUT2D eigenvalue weighted by molar-refractivity contribution is 0.0423. The standard InChI is InChI=1S/C14H18BrFO/c1-14(4-2-3-5-14)13(17)8-10-6-11(15)9-12(16)7-10/h6-7,9,13,17H,2-5,8H2,1H3. The summed E-state index contributed by atoms with van der Waals surface area (Å²) in [6.07, 6.45) is 4.70. The molecule has 2 rings (SSSR count). The van der Waals surface area contributed by atoms with Crippen LogP contribution in [0, 0.1) is 11.2 Å². The van der Waals surface area contributed by atoms with Gasteiger partial charge in [-0.1, -0.05) is 35.7 Å². The average molecular weight is 301 g/mol. The summed E-state index contributed by atoms with van der Waals surface area (Å²) in [5, 5.41) is 10.3. The summed E-state index contributed by atoms with van der Waals surface area (Å²) in [5.41, 5.74) is 0.871. The van der Waals surface area contributed by atoms with Crippen LogP contribution < -0.4 is 0 Å². The van der Waals surface area contributed by atoms with Crippen molar-refractivity contribution in [3.05, 3.63) is 34.1 Å². The molecule has 1 atom stereocenters. The molecule has 3 heteroatoms. The van der Waals surface area contributed by atoms with Crippen LogP contribution in [0.3, 0.4) is 0 Å². The lowest BCUT2D eigenvalue weighted by atomic mass is 9.80. The van der Waals surface area contributed by atoms with Gasteiger partial charge in [-0.15, -0.1) is 0 Å². The van der Waals surface area contributed by atoms with Crippen LogP contribution in [0.15, 0.2) is 22.7 Å². The van der Waals surface area contributed by atoms with E-state index in [0.717, 1.165) is 22.9 Å². The number of halogens is 2. The third-order valence-corrected chi connectivity index (χ3v) is 4.36. The summed E-state index contributed by atoms with van der Waals surface area (Å²) in [6.45, 7) is 2.14. The fourth-order valence-electron chi connectivity index (χ4n) is 2.71. The summed E-state index contributed by atoms with van der Waals surface area (Å²) in [6, 6.07) is 4.82. The van der Waals surface area contributed by atoms with Crippen LogP contribution in [-0.2, 0) is 6.42 Å². The van der Waals surface area contributed by atoms with Gasteiger partial charge in [0.05, 0.1) is 6.10 Å². The first-order chi connectivity index (χ1) is 7.99. The Morgan fingerprint density at radius 2 is 2.00 bits per heavy atom. The lowest BCUT2D eigenvalue weighted by Crippen LogP contribution is -2.31. The Morgan fingerprint density at radius 3 is 2.59 bits per heavy atom. The topological polar surface area (TPSA) is 20.2 Å². The number of aliphatic hydroxyl groups excluding tert-OH is 1. The molecule has 1 aromatic rings. The maximum atomic E-state index is 13.2. The Bertz CT molecular complexity index is 379. The number of rotatable bonds is 3. The largest absolute Gasteiger partial charge is 0.392 e. The second-order valence-corrected chi connectivity index (χ2v) is 6.27. The van der Waals surface area contributed by atoms with E-state index in [1.807, 2.05) is 6.07 Å². The van der Waals surface area contributed by atoms with Crippen molar-refractivity contribution in [3.8, 4) is 0 Å². The van der Waals surface area contributed by atoms with E-state index in [2.05, 4.69) is 22.9 Å². The molecule has 1 N–H and O–H groups in total. The molecule has 0 saturated heterocycles. The van der Waals surface area contributed by atoms with E-state index in [9.17, 15) is 9.50 Å². The zero-order valence-electron chi connectivity index (χ0n) is 10.0. The Morgan fingerprint density at radius 1 is 1.35 bits per heavy atom. The summed E-state index contributed by atoms with van der Waals surface area (Å²) < 4.78 is 14.0. The van der Waals surface area contributed by atoms with Crippen LogP contribution in [0.5, 0.6) is 0 Å². The lowest BCUT2D eigenvalue weighted by Gasteiger charge is -2.30. The van der Waals surface area contributed by atoms with Crippen molar-refractivity contribution in [2.45, 2.75) is 45.1 Å². The summed E-state index contributed by atoms with van der Waals surface area (Å²) >= 11 is 3.28. The highest BCUT2D eigenvalue weighted by Crippen LogP contribution is 2.41. The number of benzene rings is 1. The minimum absolute atomic E-state index is 0.0127. The van der Waals surface area contributed by atoms with Crippen LogP contribution in [0.1, 0.15) is 38.2 Å². The van der Waals surface area contributed by atoms with Gasteiger partial charge in [0.15, 0.2) is 0 Å². The molecule has 17 heavy (non-hydrogen) atoms. The molecule has 1 aliphatic carbocycles. The molecule has 1 nitrogen and oxygen atoms in total. The van der Waals surface area contributed by atoms with Gasteiger partial charge < -0.3 is 5.11 Å². The maximum Gasteiger partial charge on any atom is 0.124 e. The first kappa shape index (κ1) is 13.0. The van der Waals surface area contributed by atoms with E-state index in [1.54, 1.807) is 0 Å². The van der Waals surface area contributed by atoms with Gasteiger partial charge >= 0.3 is 0 Å². The van der Waals surface area contributed by atoms with Crippen molar-refractivity contribution in [1.29, 1.82) is 0 Å². The Balaban J connectivity index is 2.09. The fourth-order valence-corrected chi connectivity index (χ4v) is 3.23. The maximum absolute atomic E-state index is 13.2. The van der Waals surface area contributed by atoms with Crippen molar-refractivity contribution in [2.24, 2.45) is 5.41 Å². The Hall–Kier alpha value is -0.410. The Labute approximate surface area is 110 Å². The third kappa shape index (κ3) is 3.08. The Kier molecular flexibility index (Phi) is 3.88. The summed E-state index contributed by atoms with van der Waals surface area (Å²) in [5.74, 6) is -0.252. The molecule has 1 saturated carbocycles. The SMILES string of the molecule is CC1(C(O)Cc2cc(F)cc(Br)c2)CCCC1. The monoisotopic (exact) mass is 300 g/mol. The molecule has 0 aliphatic heterocycles. The van der Waals surface area contributed by atoms with Gasteiger partial charge in [0.1, 0.15) is 5.82 Å². The number of hydrogen-bond acceptors (Lipinski definition) is 1. The highest BCUT2D eigenvalue weighted by molar-refractivity contribution is 9.10. The highest BCUT2D eigenvalue weighted by Gasteiger charge is 2.35. The van der Waals surface area contributed by atoms with Crippen molar-refractivity contribution >= 4 is 15.9 Å². The first-order valence-electron chi connectivity index (χ1n) is 6.13. The highest BCUT2D eigenvalue weighted by atomic mass is 79.9. The van der Waals surface area contributed by atoms with Gasteiger partial charge in [-0.2, -0.15) is 0 Å². The second-order valence-electron chi connectivity index (χ2n) is 5.36. The van der Waals surface area contributed by atoms with Gasteiger partial charge in [0.2, 0.25) is 0 Å². The second kappa shape index (κ2) is 5.07. The predicted octanol–water partition coefficient (Wildman–Crippen LogP) is 4.07. The molecule has 94 valence electrons. The summed E-state index contributed by atoms with van der Waals surface area (Å²) in [7, 11) is 0. The van der Waals surface area contributed by atoms with Crippen molar-refractivity contribution in [2.75, 3.05) is 0 Å². The number of aliphatic hydroxyl groups is 1. The minimum atomic E-state index is -0.376. The molecular weight excluding hydrogens is 283 g/mol. The molecule has 0 heterocycles. The molecule has 0 spiro atoms. The summed E-state index contributed by atoms with van der Waals surface area (Å²) in [4.78, 5) is 0. The van der Waals surface area contributed by atoms with Crippen LogP contribution in [0.4, 0.5) is 4.39 Å². The van der Waals surface area contributed by atoms with Crippen molar-refractivity contribution in [3.63, 3.8) is 0 Å². The van der Waals surface area contributed by atoms with Gasteiger partial charge in [-0.3, -0.25) is 0 Å². The molecule has 1 fully saturated rings. The fraction of sp³-hybridized carbons (Fsp3) is 0.571. The normalized spacial score (nSPS) is 20.5. The minimum Gasteiger partial charge on any atom is -0.392 e. The van der Waals surface area contributed by atoms with E-state index < -0.39 is 0 Å².